The van der Waals surface area contributed by atoms with E-state index in [1.54, 1.807) is 24.9 Å². The fraction of sp³-hybridized carbons (Fsp3) is 0.333. The SMILES string of the molecule is COc1cc(-n2[nH]nnc2=S)nn1C. The first kappa shape index (κ1) is 8.88. The molecule has 0 radical (unpaired) electrons. The number of aromatic amines is 1. The number of nitrogens with one attached hydrogen (secondary N) is 1. The van der Waals surface area contributed by atoms with Crippen molar-refractivity contribution in [3.8, 4) is 11.7 Å². The van der Waals surface area contributed by atoms with Crippen LogP contribution in [0.2, 0.25) is 0 Å². The van der Waals surface area contributed by atoms with Gasteiger partial charge in [0.2, 0.25) is 10.7 Å². The van der Waals surface area contributed by atoms with Gasteiger partial charge in [-0.2, -0.15) is 9.90 Å². The van der Waals surface area contributed by atoms with E-state index < -0.39 is 0 Å². The second-order valence-corrected chi connectivity index (χ2v) is 2.95. The number of tetrazole rings is 1. The van der Waals surface area contributed by atoms with Crippen molar-refractivity contribution < 1.29 is 4.74 Å². The van der Waals surface area contributed by atoms with Gasteiger partial charge in [-0.3, -0.25) is 0 Å². The van der Waals surface area contributed by atoms with E-state index in [0.717, 1.165) is 0 Å². The highest BCUT2D eigenvalue weighted by Crippen LogP contribution is 2.13. The Morgan fingerprint density at radius 3 is 2.86 bits per heavy atom. The molecule has 0 saturated carbocycles. The molecule has 0 aromatic carbocycles. The van der Waals surface area contributed by atoms with Gasteiger partial charge in [0.15, 0.2) is 5.82 Å². The number of nitrogens with zero attached hydrogens (tertiary/aromatic N) is 5. The summed E-state index contributed by atoms with van der Waals surface area (Å²) in [6, 6.07) is 1.73. The zero-order valence-electron chi connectivity index (χ0n) is 7.63. The van der Waals surface area contributed by atoms with Gasteiger partial charge in [-0.15, -0.1) is 5.10 Å². The summed E-state index contributed by atoms with van der Waals surface area (Å²) < 4.78 is 8.47. The van der Waals surface area contributed by atoms with Crippen LogP contribution < -0.4 is 4.74 Å². The first-order valence-electron chi connectivity index (χ1n) is 3.81. The van der Waals surface area contributed by atoms with Crippen LogP contribution in [0.3, 0.4) is 0 Å². The predicted octanol–water partition coefficient (Wildman–Crippen LogP) is 0.0670. The Morgan fingerprint density at radius 2 is 2.36 bits per heavy atom. The van der Waals surface area contributed by atoms with Gasteiger partial charge in [-0.05, 0) is 12.2 Å². The molecule has 0 atom stereocenters. The minimum absolute atomic E-state index is 0.325. The zero-order chi connectivity index (χ0) is 10.1. The lowest BCUT2D eigenvalue weighted by Crippen LogP contribution is -1.99. The standard InChI is InChI=1S/C6H8N6OS/c1-11-5(13-2)3-4(8-11)12-6(14)7-9-10-12/h3H,1-2H3,(H,7,10,14). The molecule has 2 aromatic rings. The maximum atomic E-state index is 5.06. The van der Waals surface area contributed by atoms with Gasteiger partial charge >= 0.3 is 0 Å². The van der Waals surface area contributed by atoms with Gasteiger partial charge in [-0.25, -0.2) is 4.68 Å². The van der Waals surface area contributed by atoms with Crippen LogP contribution in [0.15, 0.2) is 6.07 Å². The van der Waals surface area contributed by atoms with Gasteiger partial charge in [0.05, 0.1) is 7.11 Å². The summed E-state index contributed by atoms with van der Waals surface area (Å²) in [6.45, 7) is 0. The van der Waals surface area contributed by atoms with Crippen molar-refractivity contribution in [3.63, 3.8) is 0 Å². The number of ether oxygens (including phenoxy) is 1. The first-order valence-corrected chi connectivity index (χ1v) is 4.21. The number of aryl methyl sites for hydroxylation is 1. The summed E-state index contributed by atoms with van der Waals surface area (Å²) >= 11 is 4.92. The zero-order valence-corrected chi connectivity index (χ0v) is 8.45. The molecular weight excluding hydrogens is 204 g/mol. The summed E-state index contributed by atoms with van der Waals surface area (Å²) in [7, 11) is 3.35. The van der Waals surface area contributed by atoms with Crippen molar-refractivity contribution in [2.75, 3.05) is 7.11 Å². The fourth-order valence-electron chi connectivity index (χ4n) is 1.08. The van der Waals surface area contributed by atoms with Crippen molar-refractivity contribution in [2.24, 2.45) is 7.05 Å². The summed E-state index contributed by atoms with van der Waals surface area (Å²) in [4.78, 5) is 0. The third-order valence-corrected chi connectivity index (χ3v) is 2.00. The molecule has 8 heteroatoms. The highest BCUT2D eigenvalue weighted by atomic mass is 32.1. The van der Waals surface area contributed by atoms with Crippen LogP contribution in [0.5, 0.6) is 5.88 Å². The van der Waals surface area contributed by atoms with E-state index in [2.05, 4.69) is 20.6 Å². The molecule has 0 unspecified atom stereocenters. The number of hydrogen-bond donors (Lipinski definition) is 1. The largest absolute Gasteiger partial charge is 0.481 e. The molecule has 0 fully saturated rings. The van der Waals surface area contributed by atoms with E-state index in [1.807, 2.05) is 0 Å². The molecule has 74 valence electrons. The van der Waals surface area contributed by atoms with Crippen LogP contribution in [0.4, 0.5) is 0 Å². The number of H-pyrrole nitrogens is 1. The van der Waals surface area contributed by atoms with Crippen LogP contribution in [0.25, 0.3) is 5.82 Å². The highest BCUT2D eigenvalue weighted by Gasteiger charge is 2.08. The van der Waals surface area contributed by atoms with Gasteiger partial charge in [-0.1, -0.05) is 10.3 Å². The average Bonchev–Trinajstić information content (AvgIpc) is 2.71. The van der Waals surface area contributed by atoms with E-state index in [0.29, 0.717) is 16.5 Å². The summed E-state index contributed by atoms with van der Waals surface area (Å²) in [5, 5.41) is 14.0. The summed E-state index contributed by atoms with van der Waals surface area (Å²) in [6.07, 6.45) is 0. The second kappa shape index (κ2) is 3.22. The third-order valence-electron chi connectivity index (χ3n) is 1.73. The van der Waals surface area contributed by atoms with Crippen LogP contribution in [-0.4, -0.2) is 37.1 Å². The Balaban J connectivity index is 2.53. The van der Waals surface area contributed by atoms with Crippen LogP contribution in [0, 0.1) is 4.77 Å². The van der Waals surface area contributed by atoms with Crippen molar-refractivity contribution in [3.05, 3.63) is 10.8 Å². The molecule has 0 spiro atoms. The number of hydrogen-bond acceptors (Lipinski definition) is 5. The Hall–Kier alpha value is -1.70. The third kappa shape index (κ3) is 1.29. The Kier molecular flexibility index (Phi) is 2.04. The molecule has 14 heavy (non-hydrogen) atoms. The lowest BCUT2D eigenvalue weighted by atomic mass is 10.6. The number of aromatic nitrogens is 6. The molecule has 0 saturated heterocycles. The van der Waals surface area contributed by atoms with Gasteiger partial charge < -0.3 is 4.74 Å². The maximum absolute atomic E-state index is 5.06. The molecule has 2 aromatic heterocycles. The van der Waals surface area contributed by atoms with E-state index in [9.17, 15) is 0 Å². The lowest BCUT2D eigenvalue weighted by Gasteiger charge is -1.95. The van der Waals surface area contributed by atoms with Crippen molar-refractivity contribution in [1.29, 1.82) is 0 Å². The predicted molar refractivity (Wildman–Crippen MR) is 49.9 cm³/mol. The summed E-state index contributed by atoms with van der Waals surface area (Å²) in [5.41, 5.74) is 0. The monoisotopic (exact) mass is 212 g/mol. The maximum Gasteiger partial charge on any atom is 0.244 e. The minimum Gasteiger partial charge on any atom is -0.481 e. The quantitative estimate of drug-likeness (QED) is 0.713. The van der Waals surface area contributed by atoms with Gasteiger partial charge in [0, 0.05) is 13.1 Å². The molecule has 0 bridgehead atoms. The van der Waals surface area contributed by atoms with Crippen LogP contribution in [-0.2, 0) is 7.05 Å². The van der Waals surface area contributed by atoms with Gasteiger partial charge in [0.25, 0.3) is 0 Å². The molecule has 0 amide bonds. The molecule has 0 aliphatic carbocycles. The topological polar surface area (TPSA) is 73.6 Å². The Bertz CT molecular complexity index is 496. The van der Waals surface area contributed by atoms with E-state index >= 15 is 0 Å². The molecule has 7 nitrogen and oxygen atoms in total. The Morgan fingerprint density at radius 1 is 1.57 bits per heavy atom. The van der Waals surface area contributed by atoms with Crippen LogP contribution in [0.1, 0.15) is 0 Å². The molecule has 1 N–H and O–H groups in total. The normalized spacial score (nSPS) is 10.4. The molecule has 2 rings (SSSR count). The van der Waals surface area contributed by atoms with E-state index in [-0.39, 0.29) is 0 Å². The molecule has 2 heterocycles. The highest BCUT2D eigenvalue weighted by molar-refractivity contribution is 7.71. The first-order chi connectivity index (χ1) is 6.72. The molecular formula is C6H8N6OS. The van der Waals surface area contributed by atoms with Crippen molar-refractivity contribution in [2.45, 2.75) is 0 Å². The van der Waals surface area contributed by atoms with Crippen LogP contribution >= 0.6 is 12.2 Å². The minimum atomic E-state index is 0.325. The van der Waals surface area contributed by atoms with Gasteiger partial charge in [0.1, 0.15) is 0 Å². The van der Waals surface area contributed by atoms with Crippen molar-refractivity contribution in [1.82, 2.24) is 30.0 Å². The fourth-order valence-corrected chi connectivity index (χ4v) is 1.26. The molecule has 0 aliphatic heterocycles. The Labute approximate surface area is 84.3 Å². The average molecular weight is 212 g/mol. The second-order valence-electron chi connectivity index (χ2n) is 2.59. The van der Waals surface area contributed by atoms with E-state index in [4.69, 9.17) is 17.0 Å². The lowest BCUT2D eigenvalue weighted by molar-refractivity contribution is 0.373. The van der Waals surface area contributed by atoms with Crippen molar-refractivity contribution >= 4 is 12.2 Å². The smallest absolute Gasteiger partial charge is 0.244 e. The number of methoxy groups -OCH3 is 1. The van der Waals surface area contributed by atoms with E-state index in [1.165, 1.54) is 4.68 Å². The number of rotatable bonds is 2. The summed E-state index contributed by atoms with van der Waals surface area (Å²) in [5.74, 6) is 1.23. The molecule has 0 aliphatic rings.